The van der Waals surface area contributed by atoms with Crippen LogP contribution in [0.1, 0.15) is 6.04 Å². The third-order valence-electron chi connectivity index (χ3n) is 4.51. The van der Waals surface area contributed by atoms with Gasteiger partial charge in [0, 0.05) is 38.0 Å². The number of carboxylic acid groups (broad SMARTS) is 1. The van der Waals surface area contributed by atoms with Crippen LogP contribution in [0.2, 0.25) is 0 Å². The number of halogens is 2. The second-order valence-corrected chi connectivity index (χ2v) is 8.82. The number of imidazole rings is 1. The van der Waals surface area contributed by atoms with Crippen LogP contribution in [0.5, 0.6) is 5.75 Å². The summed E-state index contributed by atoms with van der Waals surface area (Å²) < 4.78 is 62.1. The summed E-state index contributed by atoms with van der Waals surface area (Å²) in [7, 11) is -0.357. The van der Waals surface area contributed by atoms with Crippen molar-refractivity contribution in [3.63, 3.8) is 0 Å². The first-order valence-electron chi connectivity index (χ1n) is 8.83. The summed E-state index contributed by atoms with van der Waals surface area (Å²) in [5.74, 6) is 0.433. The Kier molecular flexibility index (Phi) is 8.26. The Hall–Kier alpha value is -2.57. The van der Waals surface area contributed by atoms with Crippen LogP contribution in [0.25, 0.3) is 11.4 Å². The van der Waals surface area contributed by atoms with Gasteiger partial charge in [-0.15, -0.1) is 0 Å². The topological polar surface area (TPSA) is 111 Å². The molecule has 0 amide bonds. The van der Waals surface area contributed by atoms with Crippen molar-refractivity contribution in [2.24, 2.45) is 5.92 Å². The molecule has 166 valence electrons. The number of carbonyl (C=O) groups is 1. The molecule has 0 spiro atoms. The van der Waals surface area contributed by atoms with E-state index in [4.69, 9.17) is 14.6 Å². The van der Waals surface area contributed by atoms with Crippen molar-refractivity contribution in [1.82, 2.24) is 13.9 Å². The number of aromatic nitrogens is 2. The summed E-state index contributed by atoms with van der Waals surface area (Å²) in [4.78, 5) is 12.7. The normalized spacial score (nSPS) is 18.9. The van der Waals surface area contributed by atoms with E-state index in [2.05, 4.69) is 9.72 Å². The second kappa shape index (κ2) is 10.5. The number of sulfonamides is 1. The third kappa shape index (κ3) is 5.97. The van der Waals surface area contributed by atoms with Gasteiger partial charge in [-0.2, -0.15) is 8.78 Å². The van der Waals surface area contributed by atoms with Gasteiger partial charge in [-0.05, 0) is 24.3 Å². The van der Waals surface area contributed by atoms with Crippen molar-refractivity contribution in [1.29, 1.82) is 0 Å². The SMILES string of the molecule is CN(C)S(=O)(=O)C[C@@H]1COC[C@H]1n1ccnc1-c1ccc(OC(F)F)cc1.O=CO. The van der Waals surface area contributed by atoms with Crippen molar-refractivity contribution in [3.8, 4) is 17.1 Å². The van der Waals surface area contributed by atoms with Crippen LogP contribution < -0.4 is 4.74 Å². The van der Waals surface area contributed by atoms with Gasteiger partial charge in [0.15, 0.2) is 0 Å². The molecule has 9 nitrogen and oxygen atoms in total. The number of benzene rings is 1. The molecule has 1 saturated heterocycles. The molecule has 2 aromatic rings. The highest BCUT2D eigenvalue weighted by Crippen LogP contribution is 2.32. The van der Waals surface area contributed by atoms with E-state index in [1.807, 2.05) is 4.57 Å². The average Bonchev–Trinajstić information content (AvgIpc) is 3.31. The Balaban J connectivity index is 0.00000101. The highest BCUT2D eigenvalue weighted by Gasteiger charge is 2.35. The minimum atomic E-state index is -3.37. The number of alkyl halides is 2. The molecule has 2 heterocycles. The Morgan fingerprint density at radius 3 is 2.53 bits per heavy atom. The fourth-order valence-electron chi connectivity index (χ4n) is 3.06. The summed E-state index contributed by atoms with van der Waals surface area (Å²) in [6, 6.07) is 5.98. The van der Waals surface area contributed by atoms with Crippen molar-refractivity contribution < 1.29 is 36.6 Å². The smallest absolute Gasteiger partial charge is 0.387 e. The molecule has 1 fully saturated rings. The predicted molar refractivity (Wildman–Crippen MR) is 104 cm³/mol. The predicted octanol–water partition coefficient (Wildman–Crippen LogP) is 1.93. The molecule has 1 N–H and O–H groups in total. The molecule has 0 radical (unpaired) electrons. The van der Waals surface area contributed by atoms with E-state index >= 15 is 0 Å². The molecule has 0 aliphatic carbocycles. The Morgan fingerprint density at radius 1 is 1.33 bits per heavy atom. The summed E-state index contributed by atoms with van der Waals surface area (Å²) in [6.45, 7) is -2.41. The highest BCUT2D eigenvalue weighted by molar-refractivity contribution is 7.89. The fourth-order valence-corrected chi connectivity index (χ4v) is 4.22. The van der Waals surface area contributed by atoms with Gasteiger partial charge in [-0.25, -0.2) is 17.7 Å². The standard InChI is InChI=1S/C17H21F2N3O4S.CH2O2/c1-21(2)27(23,24)11-13-9-25-10-15(13)22-8-7-20-16(22)12-3-5-14(6-4-12)26-17(18)19;2-1-3/h3-8,13,15,17H,9-11H2,1-2H3;1H,(H,2,3)/t13-,15+;/m0./s1. The van der Waals surface area contributed by atoms with E-state index in [0.717, 1.165) is 0 Å². The van der Waals surface area contributed by atoms with Crippen molar-refractivity contribution in [2.75, 3.05) is 33.1 Å². The molecule has 0 bridgehead atoms. The third-order valence-corrected chi connectivity index (χ3v) is 6.47. The van der Waals surface area contributed by atoms with E-state index in [0.29, 0.717) is 24.6 Å². The zero-order valence-electron chi connectivity index (χ0n) is 16.4. The maximum absolute atomic E-state index is 12.3. The van der Waals surface area contributed by atoms with Crippen LogP contribution in [0, 0.1) is 5.92 Å². The summed E-state index contributed by atoms with van der Waals surface area (Å²) in [5, 5.41) is 6.89. The lowest BCUT2D eigenvalue weighted by Gasteiger charge is -2.22. The average molecular weight is 447 g/mol. The largest absolute Gasteiger partial charge is 0.483 e. The molecule has 1 aromatic carbocycles. The Labute approximate surface area is 172 Å². The molecule has 3 rings (SSSR count). The monoisotopic (exact) mass is 447 g/mol. The van der Waals surface area contributed by atoms with Crippen LogP contribution in [-0.2, 0) is 19.6 Å². The number of nitrogens with zero attached hydrogens (tertiary/aromatic N) is 3. The van der Waals surface area contributed by atoms with Gasteiger partial charge in [0.1, 0.15) is 11.6 Å². The molecule has 2 atom stereocenters. The number of ether oxygens (including phenoxy) is 2. The molecular weight excluding hydrogens is 424 g/mol. The highest BCUT2D eigenvalue weighted by atomic mass is 32.2. The van der Waals surface area contributed by atoms with Gasteiger partial charge >= 0.3 is 6.61 Å². The Bertz CT molecular complexity index is 918. The van der Waals surface area contributed by atoms with Gasteiger partial charge in [0.2, 0.25) is 10.0 Å². The van der Waals surface area contributed by atoms with E-state index in [1.165, 1.54) is 30.5 Å². The molecule has 1 aliphatic heterocycles. The van der Waals surface area contributed by atoms with Gasteiger partial charge in [0.25, 0.3) is 6.47 Å². The minimum Gasteiger partial charge on any atom is -0.483 e. The molecule has 1 aromatic heterocycles. The van der Waals surface area contributed by atoms with Crippen LogP contribution in [0.15, 0.2) is 36.7 Å². The first-order valence-corrected chi connectivity index (χ1v) is 10.4. The molecule has 1 aliphatic rings. The first-order chi connectivity index (χ1) is 14.2. The van der Waals surface area contributed by atoms with Crippen LogP contribution >= 0.6 is 0 Å². The summed E-state index contributed by atoms with van der Waals surface area (Å²) >= 11 is 0. The van der Waals surface area contributed by atoms with Crippen molar-refractivity contribution in [3.05, 3.63) is 36.7 Å². The molecule has 0 saturated carbocycles. The van der Waals surface area contributed by atoms with Gasteiger partial charge < -0.3 is 19.1 Å². The summed E-state index contributed by atoms with van der Waals surface area (Å²) in [5.41, 5.74) is 0.711. The molecule has 30 heavy (non-hydrogen) atoms. The lowest BCUT2D eigenvalue weighted by atomic mass is 10.1. The number of hydrogen-bond acceptors (Lipinski definition) is 6. The van der Waals surface area contributed by atoms with Crippen molar-refractivity contribution in [2.45, 2.75) is 12.7 Å². The molecule has 0 unspecified atom stereocenters. The molecule has 12 heteroatoms. The van der Waals surface area contributed by atoms with E-state index in [-0.39, 0.29) is 29.9 Å². The van der Waals surface area contributed by atoms with Crippen LogP contribution in [0.3, 0.4) is 0 Å². The Morgan fingerprint density at radius 2 is 1.97 bits per heavy atom. The quantitative estimate of drug-likeness (QED) is 0.646. The zero-order chi connectivity index (χ0) is 22.3. The van der Waals surface area contributed by atoms with Crippen molar-refractivity contribution >= 4 is 16.5 Å². The fraction of sp³-hybridized carbons (Fsp3) is 0.444. The zero-order valence-corrected chi connectivity index (χ0v) is 17.2. The second-order valence-electron chi connectivity index (χ2n) is 6.59. The number of hydrogen-bond donors (Lipinski definition) is 1. The first kappa shape index (κ1) is 23.7. The maximum atomic E-state index is 12.3. The van der Waals surface area contributed by atoms with Gasteiger partial charge in [0.05, 0.1) is 25.0 Å². The summed E-state index contributed by atoms with van der Waals surface area (Å²) in [6.07, 6.45) is 3.39. The lowest BCUT2D eigenvalue weighted by molar-refractivity contribution is -0.122. The van der Waals surface area contributed by atoms with E-state index in [9.17, 15) is 17.2 Å². The minimum absolute atomic E-state index is 0.0244. The number of rotatable bonds is 7. The van der Waals surface area contributed by atoms with E-state index in [1.54, 1.807) is 24.5 Å². The molecular formula is C18H23F2N3O6S. The van der Waals surface area contributed by atoms with Crippen LogP contribution in [-0.4, -0.2) is 73.5 Å². The van der Waals surface area contributed by atoms with E-state index < -0.39 is 16.6 Å². The van der Waals surface area contributed by atoms with Gasteiger partial charge in [-0.1, -0.05) is 0 Å². The maximum Gasteiger partial charge on any atom is 0.387 e. The van der Waals surface area contributed by atoms with Gasteiger partial charge in [-0.3, -0.25) is 4.79 Å². The van der Waals surface area contributed by atoms with Crippen LogP contribution in [0.4, 0.5) is 8.78 Å². The lowest BCUT2D eigenvalue weighted by Crippen LogP contribution is -2.32.